The number of nitrogens with zero attached hydrogens (tertiary/aromatic N) is 3. The van der Waals surface area contributed by atoms with Crippen molar-refractivity contribution in [2.75, 3.05) is 13.1 Å². The van der Waals surface area contributed by atoms with Gasteiger partial charge < -0.3 is 8.92 Å². The molecule has 2 atom stereocenters. The Labute approximate surface area is 141 Å². The lowest BCUT2D eigenvalue weighted by atomic mass is 10.2. The third-order valence-electron chi connectivity index (χ3n) is 3.97. The molecule has 0 saturated carbocycles. The van der Waals surface area contributed by atoms with E-state index in [0.717, 1.165) is 28.3 Å². The molecule has 9 nitrogen and oxygen atoms in total. The summed E-state index contributed by atoms with van der Waals surface area (Å²) in [5.74, 6) is 0. The first-order valence-corrected chi connectivity index (χ1v) is 9.96. The van der Waals surface area contributed by atoms with Crippen molar-refractivity contribution in [1.29, 1.82) is 0 Å². The fourth-order valence-corrected chi connectivity index (χ4v) is 4.82. The first-order valence-electron chi connectivity index (χ1n) is 7.15. The molecule has 25 heavy (non-hydrogen) atoms. The number of rotatable bonds is 4. The van der Waals surface area contributed by atoms with E-state index in [4.69, 9.17) is 4.74 Å². The summed E-state index contributed by atoms with van der Waals surface area (Å²) in [4.78, 5) is 0. The molecule has 2 fully saturated rings. The van der Waals surface area contributed by atoms with E-state index in [9.17, 15) is 30.0 Å². The predicted octanol–water partition coefficient (Wildman–Crippen LogP) is -0.503. The Kier molecular flexibility index (Phi) is 4.29. The van der Waals surface area contributed by atoms with E-state index in [1.165, 1.54) is 0 Å². The summed E-state index contributed by atoms with van der Waals surface area (Å²) in [6, 6.07) is -0.990. The quantitative estimate of drug-likeness (QED) is 0.380. The number of hydrogen-bond donors (Lipinski definition) is 0. The van der Waals surface area contributed by atoms with E-state index in [2.05, 4.69) is 4.18 Å². The number of ether oxygens (including phenoxy) is 1. The highest BCUT2D eigenvalue weighted by Gasteiger charge is 2.52. The second kappa shape index (κ2) is 5.82. The average Bonchev–Trinajstić information content (AvgIpc) is 3.01. The minimum atomic E-state index is -6.02. The number of morpholine rings is 1. The zero-order chi connectivity index (χ0) is 18.6. The Balaban J connectivity index is 1.96. The molecule has 0 N–H and O–H groups in total. The van der Waals surface area contributed by atoms with Gasteiger partial charge in [0.2, 0.25) is 0 Å². The fraction of sp³-hybridized carbons (Fsp3) is 0.727. The van der Waals surface area contributed by atoms with Crippen molar-refractivity contribution in [2.24, 2.45) is 7.05 Å². The van der Waals surface area contributed by atoms with Gasteiger partial charge in [-0.2, -0.15) is 38.9 Å². The third-order valence-corrected chi connectivity index (χ3v) is 6.63. The monoisotopic (exact) mass is 406 g/mol. The SMILES string of the molecule is C[n+]1ccn(S(=O)(=O)N2CC3CCC(C2)O3)c1OS(=O)(=O)C(F)(F)F. The van der Waals surface area contributed by atoms with Crippen LogP contribution in [0.5, 0.6) is 6.01 Å². The molecule has 2 bridgehead atoms. The molecular weight excluding hydrogens is 391 g/mol. The minimum Gasteiger partial charge on any atom is -0.372 e. The van der Waals surface area contributed by atoms with Gasteiger partial charge in [0.15, 0.2) is 6.20 Å². The van der Waals surface area contributed by atoms with Crippen LogP contribution < -0.4 is 8.75 Å². The first-order chi connectivity index (χ1) is 11.4. The van der Waals surface area contributed by atoms with Gasteiger partial charge in [-0.05, 0) is 12.8 Å². The number of halogens is 3. The van der Waals surface area contributed by atoms with Crippen LogP contribution in [0.25, 0.3) is 0 Å². The summed E-state index contributed by atoms with van der Waals surface area (Å²) in [6.07, 6.45) is 2.79. The standard InChI is InChI=1S/C11H15F3N3O6S2/c1-15-4-5-17(10(15)23-24(18,19)11(12,13)14)25(20,21)16-6-8-2-3-9(7-16)22-8/h4-5,8-9H,2-3,6-7H2,1H3/q+1. The van der Waals surface area contributed by atoms with Gasteiger partial charge in [0.1, 0.15) is 6.20 Å². The van der Waals surface area contributed by atoms with Crippen molar-refractivity contribution in [3.63, 3.8) is 0 Å². The van der Waals surface area contributed by atoms with Gasteiger partial charge in [0, 0.05) is 13.1 Å². The molecule has 3 heterocycles. The van der Waals surface area contributed by atoms with Crippen molar-refractivity contribution in [3.8, 4) is 6.01 Å². The fourth-order valence-electron chi connectivity index (χ4n) is 2.75. The van der Waals surface area contributed by atoms with E-state index in [1.807, 2.05) is 0 Å². The normalized spacial score (nSPS) is 25.3. The lowest BCUT2D eigenvalue weighted by molar-refractivity contribution is -0.673. The number of hydrogen-bond acceptors (Lipinski definition) is 6. The van der Waals surface area contributed by atoms with Crippen LogP contribution in [0.4, 0.5) is 13.2 Å². The predicted molar refractivity (Wildman–Crippen MR) is 75.0 cm³/mol. The number of imidazole rings is 1. The molecule has 3 rings (SSSR count). The molecule has 0 aromatic carbocycles. The van der Waals surface area contributed by atoms with Crippen LogP contribution in [0, 0.1) is 0 Å². The molecule has 1 aromatic heterocycles. The van der Waals surface area contributed by atoms with Gasteiger partial charge in [-0.1, -0.05) is 3.97 Å². The van der Waals surface area contributed by atoms with E-state index < -0.39 is 31.8 Å². The lowest BCUT2D eigenvalue weighted by Gasteiger charge is -2.29. The summed E-state index contributed by atoms with van der Waals surface area (Å²) < 4.78 is 97.4. The summed E-state index contributed by atoms with van der Waals surface area (Å²) in [5.41, 5.74) is -5.68. The number of aryl methyl sites for hydroxylation is 1. The van der Waals surface area contributed by atoms with Gasteiger partial charge >= 0.3 is 31.8 Å². The van der Waals surface area contributed by atoms with Crippen LogP contribution in [-0.4, -0.2) is 55.9 Å². The van der Waals surface area contributed by atoms with Gasteiger partial charge in [0.05, 0.1) is 19.3 Å². The maximum atomic E-state index is 12.7. The number of alkyl halides is 3. The Morgan fingerprint density at radius 1 is 1.20 bits per heavy atom. The second-order valence-corrected chi connectivity index (χ2v) is 9.10. The zero-order valence-electron chi connectivity index (χ0n) is 12.9. The molecule has 2 saturated heterocycles. The third kappa shape index (κ3) is 3.22. The first kappa shape index (κ1) is 18.4. The summed E-state index contributed by atoms with van der Waals surface area (Å²) in [7, 11) is -9.18. The number of fused-ring (bicyclic) bond motifs is 2. The van der Waals surface area contributed by atoms with Crippen molar-refractivity contribution in [1.82, 2.24) is 8.28 Å². The van der Waals surface area contributed by atoms with Crippen LogP contribution in [0.15, 0.2) is 12.4 Å². The van der Waals surface area contributed by atoms with Crippen molar-refractivity contribution < 1.29 is 43.5 Å². The van der Waals surface area contributed by atoms with Gasteiger partial charge in [-0.25, -0.2) is 0 Å². The van der Waals surface area contributed by atoms with Crippen LogP contribution in [-0.2, 0) is 32.1 Å². The molecule has 0 radical (unpaired) electrons. The van der Waals surface area contributed by atoms with Crippen LogP contribution >= 0.6 is 0 Å². The molecular formula is C11H15F3N3O6S2+. The van der Waals surface area contributed by atoms with Crippen LogP contribution in [0.1, 0.15) is 12.8 Å². The van der Waals surface area contributed by atoms with Gasteiger partial charge in [0.25, 0.3) is 0 Å². The lowest BCUT2D eigenvalue weighted by Crippen LogP contribution is -2.48. The van der Waals surface area contributed by atoms with Crippen molar-refractivity contribution in [3.05, 3.63) is 12.4 Å². The maximum Gasteiger partial charge on any atom is 0.534 e. The Morgan fingerprint density at radius 2 is 1.76 bits per heavy atom. The summed E-state index contributed by atoms with van der Waals surface area (Å²) >= 11 is 0. The molecule has 2 aliphatic rings. The highest BCUT2D eigenvalue weighted by atomic mass is 32.2. The van der Waals surface area contributed by atoms with Gasteiger partial charge in [-0.15, -0.1) is 0 Å². The molecule has 2 unspecified atom stereocenters. The molecule has 0 amide bonds. The van der Waals surface area contributed by atoms with Crippen LogP contribution in [0.2, 0.25) is 0 Å². The second-order valence-electron chi connectivity index (χ2n) is 5.75. The minimum absolute atomic E-state index is 0.0339. The molecule has 0 spiro atoms. The Bertz CT molecular complexity index is 867. The van der Waals surface area contributed by atoms with E-state index in [1.54, 1.807) is 0 Å². The Morgan fingerprint density at radius 3 is 2.28 bits per heavy atom. The smallest absolute Gasteiger partial charge is 0.372 e. The highest BCUT2D eigenvalue weighted by molar-refractivity contribution is 7.88. The molecule has 0 aliphatic carbocycles. The van der Waals surface area contributed by atoms with E-state index in [-0.39, 0.29) is 25.3 Å². The molecule has 2 aliphatic heterocycles. The summed E-state index contributed by atoms with van der Waals surface area (Å²) in [5, 5.41) is 0. The van der Waals surface area contributed by atoms with Crippen molar-refractivity contribution >= 4 is 20.3 Å². The van der Waals surface area contributed by atoms with E-state index in [0.29, 0.717) is 16.8 Å². The Hall–Kier alpha value is -1.38. The van der Waals surface area contributed by atoms with Gasteiger partial charge in [-0.3, -0.25) is 0 Å². The average molecular weight is 406 g/mol. The molecule has 142 valence electrons. The number of aromatic nitrogens is 2. The summed E-state index contributed by atoms with van der Waals surface area (Å²) in [6.45, 7) is 0.0678. The maximum absolute atomic E-state index is 12.7. The van der Waals surface area contributed by atoms with Crippen LogP contribution in [0.3, 0.4) is 0 Å². The zero-order valence-corrected chi connectivity index (χ0v) is 14.5. The van der Waals surface area contributed by atoms with E-state index >= 15 is 0 Å². The molecule has 1 aromatic rings. The highest BCUT2D eigenvalue weighted by Crippen LogP contribution is 2.30. The molecule has 14 heteroatoms. The van der Waals surface area contributed by atoms with Crippen molar-refractivity contribution in [2.45, 2.75) is 30.6 Å². The topological polar surface area (TPSA) is 98.8 Å². The largest absolute Gasteiger partial charge is 0.534 e.